The van der Waals surface area contributed by atoms with Gasteiger partial charge in [-0.15, -0.1) is 0 Å². The summed E-state index contributed by atoms with van der Waals surface area (Å²) >= 11 is 6.93. The minimum absolute atomic E-state index is 0.0929. The van der Waals surface area contributed by atoms with Crippen molar-refractivity contribution in [3.8, 4) is 6.07 Å². The molecule has 0 unspecified atom stereocenters. The predicted molar refractivity (Wildman–Crippen MR) is 70.3 cm³/mol. The molecule has 0 bridgehead atoms. The van der Waals surface area contributed by atoms with Crippen LogP contribution in [0, 0.1) is 24.1 Å². The highest BCUT2D eigenvalue weighted by Crippen LogP contribution is 2.24. The molecule has 0 spiro atoms. The van der Waals surface area contributed by atoms with Gasteiger partial charge in [-0.05, 0) is 36.2 Å². The highest BCUT2D eigenvalue weighted by molar-refractivity contribution is 7.10. The van der Waals surface area contributed by atoms with Crippen LogP contribution < -0.4 is 5.32 Å². The maximum atomic E-state index is 13.0. The molecule has 2 aromatic rings. The Labute approximate surface area is 113 Å². The Morgan fingerprint density at radius 2 is 2.33 bits per heavy atom. The summed E-state index contributed by atoms with van der Waals surface area (Å²) in [4.78, 5) is 0. The van der Waals surface area contributed by atoms with E-state index < -0.39 is 5.82 Å². The molecule has 0 atom stereocenters. The van der Waals surface area contributed by atoms with Crippen LogP contribution in [0.25, 0.3) is 0 Å². The van der Waals surface area contributed by atoms with Crippen LogP contribution in [0.3, 0.4) is 0 Å². The van der Waals surface area contributed by atoms with Gasteiger partial charge in [0.15, 0.2) is 0 Å². The lowest BCUT2D eigenvalue weighted by Crippen LogP contribution is -1.99. The monoisotopic (exact) mass is 281 g/mol. The highest BCUT2D eigenvalue weighted by atomic mass is 35.5. The molecule has 3 nitrogen and oxygen atoms in total. The van der Waals surface area contributed by atoms with Gasteiger partial charge in [0.1, 0.15) is 22.5 Å². The van der Waals surface area contributed by atoms with Gasteiger partial charge in [0.25, 0.3) is 0 Å². The standard InChI is InChI=1S/C12H9ClFN3S/c1-7-9(5-15)12(18-17-7)16-6-8-2-3-11(14)10(13)4-8/h2-4,16H,6H2,1H3. The maximum absolute atomic E-state index is 13.0. The van der Waals surface area contributed by atoms with Crippen LogP contribution in [0.15, 0.2) is 18.2 Å². The molecule has 2 rings (SSSR count). The zero-order chi connectivity index (χ0) is 13.1. The van der Waals surface area contributed by atoms with Crippen molar-refractivity contribution in [1.82, 2.24) is 4.37 Å². The van der Waals surface area contributed by atoms with Crippen LogP contribution >= 0.6 is 23.1 Å². The van der Waals surface area contributed by atoms with E-state index >= 15 is 0 Å². The Morgan fingerprint density at radius 3 is 3.00 bits per heavy atom. The Hall–Kier alpha value is -1.64. The second kappa shape index (κ2) is 5.34. The lowest BCUT2D eigenvalue weighted by Gasteiger charge is -2.05. The lowest BCUT2D eigenvalue weighted by molar-refractivity contribution is 0.627. The number of halogens is 2. The first-order valence-electron chi connectivity index (χ1n) is 5.16. The number of aromatic nitrogens is 1. The molecule has 18 heavy (non-hydrogen) atoms. The van der Waals surface area contributed by atoms with Crippen molar-refractivity contribution in [2.75, 3.05) is 5.32 Å². The van der Waals surface area contributed by atoms with E-state index in [0.29, 0.717) is 17.8 Å². The molecule has 0 aliphatic carbocycles. The van der Waals surface area contributed by atoms with Crippen LogP contribution in [-0.2, 0) is 6.54 Å². The Morgan fingerprint density at radius 1 is 1.56 bits per heavy atom. The second-order valence-corrected chi connectivity index (χ2v) is 4.87. The van der Waals surface area contributed by atoms with E-state index in [9.17, 15) is 4.39 Å². The van der Waals surface area contributed by atoms with Gasteiger partial charge in [0.2, 0.25) is 0 Å². The molecule has 0 aliphatic rings. The molecule has 0 aliphatic heterocycles. The van der Waals surface area contributed by atoms with Gasteiger partial charge < -0.3 is 5.32 Å². The number of hydrogen-bond acceptors (Lipinski definition) is 4. The topological polar surface area (TPSA) is 48.7 Å². The molecular weight excluding hydrogens is 273 g/mol. The van der Waals surface area contributed by atoms with Crippen LogP contribution in [0.5, 0.6) is 0 Å². The average Bonchev–Trinajstić information content (AvgIpc) is 2.71. The third kappa shape index (κ3) is 2.61. The molecule has 0 saturated carbocycles. The molecule has 0 fully saturated rings. The van der Waals surface area contributed by atoms with Crippen molar-refractivity contribution in [2.45, 2.75) is 13.5 Å². The zero-order valence-electron chi connectivity index (χ0n) is 9.50. The minimum Gasteiger partial charge on any atom is -0.370 e. The summed E-state index contributed by atoms with van der Waals surface area (Å²) in [7, 11) is 0. The number of anilines is 1. The minimum atomic E-state index is -0.438. The van der Waals surface area contributed by atoms with Crippen molar-refractivity contribution < 1.29 is 4.39 Å². The van der Waals surface area contributed by atoms with Crippen LogP contribution in [0.2, 0.25) is 5.02 Å². The Bertz CT molecular complexity index is 618. The molecule has 0 saturated heterocycles. The lowest BCUT2D eigenvalue weighted by atomic mass is 10.2. The van der Waals surface area contributed by atoms with E-state index in [4.69, 9.17) is 16.9 Å². The molecule has 1 aromatic carbocycles. The average molecular weight is 282 g/mol. The smallest absolute Gasteiger partial charge is 0.141 e. The summed E-state index contributed by atoms with van der Waals surface area (Å²) in [5.74, 6) is -0.438. The van der Waals surface area contributed by atoms with Crippen molar-refractivity contribution in [1.29, 1.82) is 5.26 Å². The van der Waals surface area contributed by atoms with Crippen molar-refractivity contribution in [3.63, 3.8) is 0 Å². The van der Waals surface area contributed by atoms with Gasteiger partial charge in [-0.2, -0.15) is 9.64 Å². The van der Waals surface area contributed by atoms with Gasteiger partial charge in [-0.3, -0.25) is 0 Å². The van der Waals surface area contributed by atoms with E-state index in [1.54, 1.807) is 19.1 Å². The second-order valence-electron chi connectivity index (χ2n) is 3.69. The number of nitrogens with zero attached hydrogens (tertiary/aromatic N) is 2. The summed E-state index contributed by atoms with van der Waals surface area (Å²) in [5, 5.41) is 12.9. The van der Waals surface area contributed by atoms with Gasteiger partial charge in [-0.1, -0.05) is 17.7 Å². The van der Waals surface area contributed by atoms with Gasteiger partial charge in [0.05, 0.1) is 10.7 Å². The number of aryl methyl sites for hydroxylation is 1. The largest absolute Gasteiger partial charge is 0.370 e. The number of rotatable bonds is 3. The van der Waals surface area contributed by atoms with E-state index in [2.05, 4.69) is 15.8 Å². The third-order valence-electron chi connectivity index (χ3n) is 2.41. The van der Waals surface area contributed by atoms with E-state index in [1.807, 2.05) is 0 Å². The summed E-state index contributed by atoms with van der Waals surface area (Å²) in [6.45, 7) is 2.26. The first-order chi connectivity index (χ1) is 8.61. The van der Waals surface area contributed by atoms with E-state index in [0.717, 1.165) is 10.6 Å². The molecule has 0 amide bonds. The molecule has 6 heteroatoms. The van der Waals surface area contributed by atoms with E-state index in [1.165, 1.54) is 17.6 Å². The predicted octanol–water partition coefficient (Wildman–Crippen LogP) is 3.73. The first-order valence-corrected chi connectivity index (χ1v) is 6.31. The molecule has 1 heterocycles. The summed E-state index contributed by atoms with van der Waals surface area (Å²) < 4.78 is 17.1. The Kier molecular flexibility index (Phi) is 3.80. The fourth-order valence-corrected chi connectivity index (χ4v) is 2.40. The SMILES string of the molecule is Cc1nsc(NCc2ccc(F)c(Cl)c2)c1C#N. The number of nitriles is 1. The molecule has 1 N–H and O–H groups in total. The number of hydrogen-bond donors (Lipinski definition) is 1. The fourth-order valence-electron chi connectivity index (χ4n) is 1.45. The Balaban J connectivity index is 2.12. The van der Waals surface area contributed by atoms with E-state index in [-0.39, 0.29) is 5.02 Å². The summed E-state index contributed by atoms with van der Waals surface area (Å²) in [5.41, 5.74) is 2.10. The fraction of sp³-hybridized carbons (Fsp3) is 0.167. The zero-order valence-corrected chi connectivity index (χ0v) is 11.1. The van der Waals surface area contributed by atoms with Crippen LogP contribution in [0.1, 0.15) is 16.8 Å². The van der Waals surface area contributed by atoms with Crippen molar-refractivity contribution in [3.05, 3.63) is 45.9 Å². The number of nitrogens with one attached hydrogen (secondary N) is 1. The van der Waals surface area contributed by atoms with Crippen molar-refractivity contribution in [2.24, 2.45) is 0 Å². The van der Waals surface area contributed by atoms with Gasteiger partial charge >= 0.3 is 0 Å². The third-order valence-corrected chi connectivity index (χ3v) is 3.60. The van der Waals surface area contributed by atoms with Gasteiger partial charge in [0, 0.05) is 6.54 Å². The molecule has 1 aromatic heterocycles. The quantitative estimate of drug-likeness (QED) is 0.932. The van der Waals surface area contributed by atoms with Crippen LogP contribution in [-0.4, -0.2) is 4.37 Å². The molecule has 0 radical (unpaired) electrons. The van der Waals surface area contributed by atoms with Crippen molar-refractivity contribution >= 4 is 28.1 Å². The maximum Gasteiger partial charge on any atom is 0.141 e. The van der Waals surface area contributed by atoms with Gasteiger partial charge in [-0.25, -0.2) is 4.39 Å². The first kappa shape index (κ1) is 12.8. The molecule has 92 valence electrons. The highest BCUT2D eigenvalue weighted by Gasteiger charge is 2.09. The molecular formula is C12H9ClFN3S. The summed E-state index contributed by atoms with van der Waals surface area (Å²) in [6, 6.07) is 6.63. The normalized spacial score (nSPS) is 10.1. The number of benzene rings is 1. The summed E-state index contributed by atoms with van der Waals surface area (Å²) in [6.07, 6.45) is 0. The van der Waals surface area contributed by atoms with Crippen LogP contribution in [0.4, 0.5) is 9.39 Å².